The number of ketones is 1. The summed E-state index contributed by atoms with van der Waals surface area (Å²) in [7, 11) is 0. The lowest BCUT2D eigenvalue weighted by atomic mass is 9.80. The molecule has 1 fully saturated rings. The van der Waals surface area contributed by atoms with E-state index in [1.165, 1.54) is 24.8 Å². The molecule has 0 bridgehead atoms. The Morgan fingerprint density at radius 1 is 0.900 bits per heavy atom. The molecule has 0 unspecified atom stereocenters. The molecule has 2 aromatic rings. The van der Waals surface area contributed by atoms with Gasteiger partial charge in [-0.05, 0) is 36.5 Å². The molecule has 0 N–H and O–H groups in total. The number of hydrogen-bond donors (Lipinski definition) is 0. The van der Waals surface area contributed by atoms with Crippen molar-refractivity contribution in [1.29, 1.82) is 0 Å². The lowest BCUT2D eigenvalue weighted by molar-refractivity contribution is 0.103. The molecule has 20 heavy (non-hydrogen) atoms. The predicted octanol–water partition coefficient (Wildman–Crippen LogP) is 4.46. The largest absolute Gasteiger partial charge is 0.289 e. The van der Waals surface area contributed by atoms with E-state index < -0.39 is 11.6 Å². The number of hydrogen-bond acceptors (Lipinski definition) is 1. The van der Waals surface area contributed by atoms with Crippen molar-refractivity contribution in [2.45, 2.75) is 25.2 Å². The van der Waals surface area contributed by atoms with Crippen LogP contribution in [-0.2, 0) is 0 Å². The van der Waals surface area contributed by atoms with Crippen LogP contribution in [-0.4, -0.2) is 5.78 Å². The van der Waals surface area contributed by atoms with Crippen LogP contribution < -0.4 is 0 Å². The topological polar surface area (TPSA) is 17.1 Å². The first-order valence-electron chi connectivity index (χ1n) is 6.74. The van der Waals surface area contributed by atoms with Gasteiger partial charge in [0.05, 0.1) is 0 Å². The van der Waals surface area contributed by atoms with Crippen LogP contribution in [0.2, 0.25) is 0 Å². The minimum Gasteiger partial charge on any atom is -0.289 e. The van der Waals surface area contributed by atoms with E-state index in [4.69, 9.17) is 0 Å². The van der Waals surface area contributed by atoms with Gasteiger partial charge in [0, 0.05) is 17.2 Å². The molecule has 102 valence electrons. The lowest BCUT2D eigenvalue weighted by Crippen LogP contribution is -2.09. The highest BCUT2D eigenvalue weighted by Crippen LogP contribution is 2.36. The van der Waals surface area contributed by atoms with Gasteiger partial charge in [-0.2, -0.15) is 0 Å². The van der Waals surface area contributed by atoms with Crippen LogP contribution >= 0.6 is 0 Å². The Balaban J connectivity index is 1.86. The van der Waals surface area contributed by atoms with E-state index in [1.807, 2.05) is 12.1 Å². The van der Waals surface area contributed by atoms with Gasteiger partial charge in [-0.3, -0.25) is 4.79 Å². The Morgan fingerprint density at radius 2 is 1.50 bits per heavy atom. The van der Waals surface area contributed by atoms with E-state index in [2.05, 4.69) is 0 Å². The summed E-state index contributed by atoms with van der Waals surface area (Å²) in [6.45, 7) is 0. The van der Waals surface area contributed by atoms with Gasteiger partial charge in [-0.15, -0.1) is 0 Å². The van der Waals surface area contributed by atoms with Crippen molar-refractivity contribution in [2.75, 3.05) is 0 Å². The van der Waals surface area contributed by atoms with E-state index in [-0.39, 0.29) is 11.3 Å². The van der Waals surface area contributed by atoms with Crippen LogP contribution in [0.25, 0.3) is 0 Å². The molecule has 0 atom stereocenters. The van der Waals surface area contributed by atoms with Gasteiger partial charge in [-0.1, -0.05) is 30.7 Å². The highest BCUT2D eigenvalue weighted by atomic mass is 19.1. The van der Waals surface area contributed by atoms with Crippen LogP contribution in [0.3, 0.4) is 0 Å². The molecule has 0 radical (unpaired) electrons. The van der Waals surface area contributed by atoms with Gasteiger partial charge in [0.2, 0.25) is 0 Å². The maximum atomic E-state index is 13.1. The van der Waals surface area contributed by atoms with Crippen molar-refractivity contribution in [1.82, 2.24) is 0 Å². The normalized spacial score (nSPS) is 14.9. The van der Waals surface area contributed by atoms with Crippen molar-refractivity contribution in [3.05, 3.63) is 70.8 Å². The molecule has 1 aliphatic carbocycles. The molecular formula is C17H14F2O. The van der Waals surface area contributed by atoms with Crippen LogP contribution in [0.1, 0.15) is 46.7 Å². The number of halogens is 2. The molecule has 0 amide bonds. The fourth-order valence-corrected chi connectivity index (χ4v) is 2.50. The molecule has 1 aliphatic rings. The van der Waals surface area contributed by atoms with Crippen molar-refractivity contribution < 1.29 is 13.6 Å². The molecule has 0 saturated heterocycles. The van der Waals surface area contributed by atoms with Gasteiger partial charge in [0.1, 0.15) is 11.6 Å². The fraction of sp³-hybridized carbons (Fsp3) is 0.235. The maximum Gasteiger partial charge on any atom is 0.193 e. The summed E-state index contributed by atoms with van der Waals surface area (Å²) in [5, 5.41) is 0. The second-order valence-electron chi connectivity index (χ2n) is 5.24. The van der Waals surface area contributed by atoms with Crippen LogP contribution in [0.5, 0.6) is 0 Å². The van der Waals surface area contributed by atoms with Crippen molar-refractivity contribution >= 4 is 5.78 Å². The molecule has 2 aromatic carbocycles. The minimum atomic E-state index is -0.737. The maximum absolute atomic E-state index is 13.1. The van der Waals surface area contributed by atoms with Crippen LogP contribution in [0, 0.1) is 11.6 Å². The first kappa shape index (κ1) is 13.0. The summed E-state index contributed by atoms with van der Waals surface area (Å²) < 4.78 is 26.3. The first-order chi connectivity index (χ1) is 9.63. The van der Waals surface area contributed by atoms with Crippen molar-refractivity contribution in [3.63, 3.8) is 0 Å². The van der Waals surface area contributed by atoms with Crippen molar-refractivity contribution in [3.8, 4) is 0 Å². The second-order valence-corrected chi connectivity index (χ2v) is 5.24. The lowest BCUT2D eigenvalue weighted by Gasteiger charge is -2.25. The van der Waals surface area contributed by atoms with Crippen molar-refractivity contribution in [2.24, 2.45) is 0 Å². The Labute approximate surface area is 116 Å². The molecule has 3 heteroatoms. The third-order valence-electron chi connectivity index (χ3n) is 3.87. The standard InChI is InChI=1S/C17H14F2O/c18-15-8-14(9-16(19)10-15)17(20)13-6-4-12(5-7-13)11-2-1-3-11/h4-11H,1-3H2. The first-order valence-corrected chi connectivity index (χ1v) is 6.74. The molecule has 0 aliphatic heterocycles. The predicted molar refractivity (Wildman–Crippen MR) is 72.8 cm³/mol. The molecular weight excluding hydrogens is 258 g/mol. The molecule has 1 nitrogen and oxygen atoms in total. The number of benzene rings is 2. The Morgan fingerprint density at radius 3 is 2.00 bits per heavy atom. The average molecular weight is 272 g/mol. The smallest absolute Gasteiger partial charge is 0.193 e. The Bertz CT molecular complexity index is 622. The fourth-order valence-electron chi connectivity index (χ4n) is 2.50. The summed E-state index contributed by atoms with van der Waals surface area (Å²) in [5.41, 5.74) is 1.73. The summed E-state index contributed by atoms with van der Waals surface area (Å²) >= 11 is 0. The SMILES string of the molecule is O=C(c1ccc(C2CCC2)cc1)c1cc(F)cc(F)c1. The van der Waals surface area contributed by atoms with Gasteiger partial charge in [0.15, 0.2) is 5.78 Å². The molecule has 3 rings (SSSR count). The zero-order valence-corrected chi connectivity index (χ0v) is 10.9. The third kappa shape index (κ3) is 2.48. The zero-order valence-electron chi connectivity index (χ0n) is 10.9. The molecule has 0 spiro atoms. The molecule has 0 heterocycles. The van der Waals surface area contributed by atoms with Crippen LogP contribution in [0.4, 0.5) is 8.78 Å². The third-order valence-corrected chi connectivity index (χ3v) is 3.87. The van der Waals surface area contributed by atoms with E-state index in [0.717, 1.165) is 18.2 Å². The average Bonchev–Trinajstić information content (AvgIpc) is 2.35. The van der Waals surface area contributed by atoms with Gasteiger partial charge >= 0.3 is 0 Å². The van der Waals surface area contributed by atoms with E-state index in [9.17, 15) is 13.6 Å². The van der Waals surface area contributed by atoms with E-state index in [1.54, 1.807) is 12.1 Å². The highest BCUT2D eigenvalue weighted by Gasteiger charge is 2.19. The van der Waals surface area contributed by atoms with Gasteiger partial charge < -0.3 is 0 Å². The Kier molecular flexibility index (Phi) is 3.35. The summed E-state index contributed by atoms with van der Waals surface area (Å²) in [4.78, 5) is 12.2. The number of carbonyl (C=O) groups excluding carboxylic acids is 1. The van der Waals surface area contributed by atoms with Crippen LogP contribution in [0.15, 0.2) is 42.5 Å². The summed E-state index contributed by atoms with van der Waals surface area (Å²) in [5.74, 6) is -1.23. The number of rotatable bonds is 3. The second kappa shape index (κ2) is 5.16. The number of carbonyl (C=O) groups is 1. The zero-order chi connectivity index (χ0) is 14.1. The Hall–Kier alpha value is -2.03. The van der Waals surface area contributed by atoms with Gasteiger partial charge in [-0.25, -0.2) is 8.78 Å². The van der Waals surface area contributed by atoms with E-state index in [0.29, 0.717) is 11.5 Å². The molecule has 1 saturated carbocycles. The van der Waals surface area contributed by atoms with Gasteiger partial charge in [0.25, 0.3) is 0 Å². The minimum absolute atomic E-state index is 0.0406. The quantitative estimate of drug-likeness (QED) is 0.754. The molecule has 0 aromatic heterocycles. The van der Waals surface area contributed by atoms with E-state index >= 15 is 0 Å². The summed E-state index contributed by atoms with van der Waals surface area (Å²) in [6.07, 6.45) is 3.65. The highest BCUT2D eigenvalue weighted by molar-refractivity contribution is 6.09. The monoisotopic (exact) mass is 272 g/mol. The summed E-state index contributed by atoms with van der Waals surface area (Å²) in [6, 6.07) is 10.2.